The second kappa shape index (κ2) is 6.75. The predicted octanol–water partition coefficient (Wildman–Crippen LogP) is 2.99. The molecule has 10 heteroatoms. The van der Waals surface area contributed by atoms with Crippen LogP contribution in [0.1, 0.15) is 18.1 Å². The first-order valence-electron chi connectivity index (χ1n) is 7.45. The minimum absolute atomic E-state index is 0.0686. The van der Waals surface area contributed by atoms with Crippen molar-refractivity contribution in [1.82, 2.24) is 30.1 Å². The third-order valence-corrected chi connectivity index (χ3v) is 3.39. The van der Waals surface area contributed by atoms with Crippen LogP contribution in [0.5, 0.6) is 5.75 Å². The van der Waals surface area contributed by atoms with E-state index >= 15 is 0 Å². The van der Waals surface area contributed by atoms with Crippen molar-refractivity contribution in [2.24, 2.45) is 0 Å². The van der Waals surface area contributed by atoms with Gasteiger partial charge in [-0.05, 0) is 12.1 Å². The monoisotopic (exact) mass is 356 g/mol. The molecule has 0 saturated heterocycles. The Labute approximate surface area is 144 Å². The highest BCUT2D eigenvalue weighted by molar-refractivity contribution is 5.75. The van der Waals surface area contributed by atoms with Crippen molar-refractivity contribution in [2.45, 2.75) is 13.0 Å². The summed E-state index contributed by atoms with van der Waals surface area (Å²) in [6.07, 6.45) is 3.20. The van der Waals surface area contributed by atoms with Gasteiger partial charge in [-0.2, -0.15) is 8.78 Å². The van der Waals surface area contributed by atoms with Gasteiger partial charge in [-0.3, -0.25) is 9.97 Å². The molecule has 0 radical (unpaired) electrons. The molecule has 26 heavy (non-hydrogen) atoms. The van der Waals surface area contributed by atoms with Crippen molar-refractivity contribution in [3.05, 3.63) is 54.7 Å². The molecule has 130 valence electrons. The van der Waals surface area contributed by atoms with E-state index in [2.05, 4.69) is 30.1 Å². The number of ether oxygens (including phenoxy) is 1. The Morgan fingerprint density at radius 2 is 1.73 bits per heavy atom. The lowest BCUT2D eigenvalue weighted by Gasteiger charge is -2.06. The van der Waals surface area contributed by atoms with Crippen LogP contribution in [0.25, 0.3) is 22.5 Å². The fourth-order valence-corrected chi connectivity index (χ4v) is 2.16. The molecule has 3 heterocycles. The second-order valence-electron chi connectivity index (χ2n) is 5.13. The van der Waals surface area contributed by atoms with E-state index in [-0.39, 0.29) is 12.5 Å². The van der Waals surface area contributed by atoms with Crippen molar-refractivity contribution < 1.29 is 17.9 Å². The predicted molar refractivity (Wildman–Crippen MR) is 84.2 cm³/mol. The Kier molecular flexibility index (Phi) is 4.14. The van der Waals surface area contributed by atoms with Crippen LogP contribution in [0, 0.1) is 0 Å². The summed E-state index contributed by atoms with van der Waals surface area (Å²) >= 11 is 0. The van der Waals surface area contributed by atoms with Crippen molar-refractivity contribution in [3.63, 3.8) is 0 Å². The van der Waals surface area contributed by atoms with Crippen molar-refractivity contribution in [3.8, 4) is 17.2 Å². The summed E-state index contributed by atoms with van der Waals surface area (Å²) in [5.41, 5.74) is 1.82. The number of nitrogens with zero attached hydrogens (tertiary/aromatic N) is 6. The molecule has 0 saturated carbocycles. The lowest BCUT2D eigenvalue weighted by atomic mass is 10.3. The highest BCUT2D eigenvalue weighted by Crippen LogP contribution is 2.22. The van der Waals surface area contributed by atoms with Gasteiger partial charge >= 0.3 is 6.43 Å². The van der Waals surface area contributed by atoms with Gasteiger partial charge in [0.05, 0.1) is 16.6 Å². The number of rotatable bonds is 5. The summed E-state index contributed by atoms with van der Waals surface area (Å²) in [4.78, 5) is 16.6. The molecular formula is C16H10F2N6O2. The maximum atomic E-state index is 12.5. The van der Waals surface area contributed by atoms with E-state index in [0.29, 0.717) is 22.7 Å². The largest absolute Gasteiger partial charge is 0.486 e. The van der Waals surface area contributed by atoms with Gasteiger partial charge in [0, 0.05) is 30.9 Å². The molecular weight excluding hydrogens is 346 g/mol. The lowest BCUT2D eigenvalue weighted by Crippen LogP contribution is -2.01. The van der Waals surface area contributed by atoms with Crippen LogP contribution in [0.3, 0.4) is 0 Å². The molecule has 4 aromatic rings. The van der Waals surface area contributed by atoms with Crippen LogP contribution in [0.2, 0.25) is 0 Å². The van der Waals surface area contributed by atoms with Crippen molar-refractivity contribution >= 4 is 11.0 Å². The average Bonchev–Trinajstić information content (AvgIpc) is 3.17. The fourth-order valence-electron chi connectivity index (χ4n) is 2.16. The van der Waals surface area contributed by atoms with Crippen LogP contribution in [0.4, 0.5) is 8.78 Å². The highest BCUT2D eigenvalue weighted by atomic mass is 19.3. The Hall–Kier alpha value is -3.56. The van der Waals surface area contributed by atoms with Crippen molar-refractivity contribution in [2.75, 3.05) is 0 Å². The molecule has 0 aliphatic carbocycles. The Morgan fingerprint density at radius 1 is 0.962 bits per heavy atom. The molecule has 0 bridgehead atoms. The quantitative estimate of drug-likeness (QED) is 0.538. The van der Waals surface area contributed by atoms with Gasteiger partial charge in [-0.15, -0.1) is 10.2 Å². The van der Waals surface area contributed by atoms with Gasteiger partial charge in [0.15, 0.2) is 5.82 Å². The van der Waals surface area contributed by atoms with E-state index in [1.165, 1.54) is 12.4 Å². The number of hydrogen-bond donors (Lipinski definition) is 0. The molecule has 0 aliphatic rings. The van der Waals surface area contributed by atoms with Crippen LogP contribution in [-0.4, -0.2) is 30.1 Å². The van der Waals surface area contributed by atoms with Gasteiger partial charge in [-0.1, -0.05) is 0 Å². The minimum atomic E-state index is -2.82. The molecule has 0 spiro atoms. The maximum absolute atomic E-state index is 12.5. The summed E-state index contributed by atoms with van der Waals surface area (Å²) in [5, 5.41) is 6.80. The normalized spacial score (nSPS) is 11.2. The number of fused-ring (bicyclic) bond motifs is 1. The van der Waals surface area contributed by atoms with Crippen LogP contribution >= 0.6 is 0 Å². The molecule has 4 rings (SSSR count). The molecule has 0 amide bonds. The van der Waals surface area contributed by atoms with Gasteiger partial charge in [0.25, 0.3) is 11.8 Å². The highest BCUT2D eigenvalue weighted by Gasteiger charge is 2.17. The number of halogens is 2. The Bertz CT molecular complexity index is 1040. The first-order chi connectivity index (χ1) is 12.7. The Morgan fingerprint density at radius 3 is 2.46 bits per heavy atom. The first kappa shape index (κ1) is 15.9. The van der Waals surface area contributed by atoms with E-state index in [9.17, 15) is 8.78 Å². The van der Waals surface area contributed by atoms with E-state index in [0.717, 1.165) is 5.52 Å². The second-order valence-corrected chi connectivity index (χ2v) is 5.13. The molecule has 0 fully saturated rings. The zero-order valence-electron chi connectivity index (χ0n) is 13.1. The van der Waals surface area contributed by atoms with Gasteiger partial charge in [-0.25, -0.2) is 9.97 Å². The molecule has 0 atom stereocenters. The van der Waals surface area contributed by atoms with Crippen LogP contribution in [-0.2, 0) is 6.61 Å². The summed E-state index contributed by atoms with van der Waals surface area (Å²) in [6.45, 7) is 0.123. The molecule has 0 unspecified atom stereocenters. The van der Waals surface area contributed by atoms with E-state index in [4.69, 9.17) is 9.15 Å². The SMILES string of the molecule is FC(F)c1nnc(-c2cnc(COc3ccc4nccnc4c3)nc2)o1. The molecule has 0 aliphatic heterocycles. The number of alkyl halides is 2. The molecule has 3 aromatic heterocycles. The molecule has 1 aromatic carbocycles. The minimum Gasteiger partial charge on any atom is -0.486 e. The van der Waals surface area contributed by atoms with Gasteiger partial charge in [0.2, 0.25) is 0 Å². The maximum Gasteiger partial charge on any atom is 0.314 e. The molecule has 0 N–H and O–H groups in total. The van der Waals surface area contributed by atoms with Gasteiger partial charge < -0.3 is 9.15 Å². The fraction of sp³-hybridized carbons (Fsp3) is 0.125. The smallest absolute Gasteiger partial charge is 0.314 e. The van der Waals surface area contributed by atoms with E-state index in [1.54, 1.807) is 30.6 Å². The third kappa shape index (κ3) is 3.29. The van der Waals surface area contributed by atoms with Crippen LogP contribution in [0.15, 0.2) is 47.4 Å². The van der Waals surface area contributed by atoms with E-state index < -0.39 is 12.3 Å². The van der Waals surface area contributed by atoms with Gasteiger partial charge in [0.1, 0.15) is 12.4 Å². The number of hydrogen-bond acceptors (Lipinski definition) is 8. The zero-order valence-corrected chi connectivity index (χ0v) is 13.1. The summed E-state index contributed by atoms with van der Waals surface area (Å²) in [7, 11) is 0. The Balaban J connectivity index is 1.44. The number of aromatic nitrogens is 6. The summed E-state index contributed by atoms with van der Waals surface area (Å²) in [5.74, 6) is 0.193. The summed E-state index contributed by atoms with van der Waals surface area (Å²) < 4.78 is 35.4. The summed E-state index contributed by atoms with van der Waals surface area (Å²) in [6, 6.07) is 5.34. The van der Waals surface area contributed by atoms with E-state index in [1.807, 2.05) is 0 Å². The molecule has 8 nitrogen and oxygen atoms in total. The zero-order chi connectivity index (χ0) is 17.9. The standard InChI is InChI=1S/C16H10F2N6O2/c17-14(18)16-24-23-15(26-16)9-6-21-13(22-7-9)8-25-10-1-2-11-12(5-10)20-4-3-19-11/h1-7,14H,8H2. The van der Waals surface area contributed by atoms with Crippen molar-refractivity contribution in [1.29, 1.82) is 0 Å². The first-order valence-corrected chi connectivity index (χ1v) is 7.45. The number of benzene rings is 1. The average molecular weight is 356 g/mol. The third-order valence-electron chi connectivity index (χ3n) is 3.39. The van der Waals surface area contributed by atoms with Crippen LogP contribution < -0.4 is 4.74 Å². The lowest BCUT2D eigenvalue weighted by molar-refractivity contribution is 0.116. The topological polar surface area (TPSA) is 99.7 Å².